The van der Waals surface area contributed by atoms with Gasteiger partial charge in [0.1, 0.15) is 0 Å². The van der Waals surface area contributed by atoms with E-state index in [1.165, 1.54) is 0 Å². The van der Waals surface area contributed by atoms with E-state index in [1.54, 1.807) is 11.3 Å². The van der Waals surface area contributed by atoms with Crippen molar-refractivity contribution in [3.8, 4) is 11.5 Å². The van der Waals surface area contributed by atoms with Gasteiger partial charge in [-0.2, -0.15) is 0 Å². The molecule has 0 aliphatic heterocycles. The van der Waals surface area contributed by atoms with E-state index in [0.29, 0.717) is 19.8 Å². The number of ether oxygens (including phenoxy) is 2. The smallest absolute Gasteiger partial charge is 0.161 e. The Balaban J connectivity index is 2.35. The first kappa shape index (κ1) is 16.1. The number of hydrogen-bond acceptors (Lipinski definition) is 4. The van der Waals surface area contributed by atoms with Crippen LogP contribution in [0.2, 0.25) is 4.34 Å². The van der Waals surface area contributed by atoms with E-state index in [0.717, 1.165) is 26.3 Å². The monoisotopic (exact) mass is 325 g/mol. The molecule has 5 heteroatoms. The molecule has 3 nitrogen and oxygen atoms in total. The molecule has 0 saturated heterocycles. The number of thiophene rings is 1. The first-order valence-electron chi connectivity index (χ1n) is 7.04. The fourth-order valence-electron chi connectivity index (χ4n) is 2.22. The number of hydrogen-bond donors (Lipinski definition) is 1. The first-order valence-corrected chi connectivity index (χ1v) is 8.23. The van der Waals surface area contributed by atoms with Crippen LogP contribution in [0.4, 0.5) is 0 Å². The Morgan fingerprint density at radius 3 is 2.38 bits per heavy atom. The zero-order valence-corrected chi connectivity index (χ0v) is 13.8. The van der Waals surface area contributed by atoms with Crippen LogP contribution >= 0.6 is 22.9 Å². The topological polar surface area (TPSA) is 44.5 Å². The third-order valence-electron chi connectivity index (χ3n) is 3.14. The summed E-state index contributed by atoms with van der Waals surface area (Å²) in [5.41, 5.74) is 7.07. The molecule has 1 heterocycles. The highest BCUT2D eigenvalue weighted by Gasteiger charge is 2.17. The van der Waals surface area contributed by atoms with Gasteiger partial charge in [0.2, 0.25) is 0 Å². The van der Waals surface area contributed by atoms with Crippen LogP contribution in [0.5, 0.6) is 11.5 Å². The number of nitrogens with two attached hydrogens (primary N) is 1. The lowest BCUT2D eigenvalue weighted by Gasteiger charge is -2.17. The minimum atomic E-state index is 0.123. The summed E-state index contributed by atoms with van der Waals surface area (Å²) < 4.78 is 12.0. The third kappa shape index (κ3) is 3.90. The van der Waals surface area contributed by atoms with Crippen LogP contribution in [0.15, 0.2) is 30.3 Å². The molecule has 0 saturated carbocycles. The van der Waals surface area contributed by atoms with Crippen molar-refractivity contribution in [1.82, 2.24) is 0 Å². The summed E-state index contributed by atoms with van der Waals surface area (Å²) in [5.74, 6) is 1.65. The molecule has 1 aromatic carbocycles. The largest absolute Gasteiger partial charge is 0.490 e. The molecule has 0 spiro atoms. The van der Waals surface area contributed by atoms with Gasteiger partial charge in [0, 0.05) is 17.3 Å². The first-order chi connectivity index (χ1) is 10.2. The van der Waals surface area contributed by atoms with Crippen LogP contribution in [-0.2, 0) is 0 Å². The SMILES string of the molecule is CCOc1ccc(C(CN)c2ccc(Cl)s2)cc1OCC. The van der Waals surface area contributed by atoms with Gasteiger partial charge >= 0.3 is 0 Å². The lowest BCUT2D eigenvalue weighted by Crippen LogP contribution is -2.13. The fourth-order valence-corrected chi connectivity index (χ4v) is 3.42. The van der Waals surface area contributed by atoms with Gasteiger partial charge in [-0.1, -0.05) is 17.7 Å². The highest BCUT2D eigenvalue weighted by atomic mass is 35.5. The Hall–Kier alpha value is -1.23. The van der Waals surface area contributed by atoms with E-state index in [-0.39, 0.29) is 5.92 Å². The zero-order chi connectivity index (χ0) is 15.2. The Kier molecular flexibility index (Phi) is 5.91. The Labute approximate surface area is 134 Å². The maximum atomic E-state index is 6.03. The zero-order valence-electron chi connectivity index (χ0n) is 12.3. The molecule has 0 aliphatic rings. The molecule has 2 aromatic rings. The summed E-state index contributed by atoms with van der Waals surface area (Å²) in [4.78, 5) is 1.16. The van der Waals surface area contributed by atoms with Gasteiger partial charge in [-0.3, -0.25) is 0 Å². The van der Waals surface area contributed by atoms with E-state index >= 15 is 0 Å². The number of halogens is 1. The van der Waals surface area contributed by atoms with E-state index < -0.39 is 0 Å². The molecule has 0 fully saturated rings. The van der Waals surface area contributed by atoms with Crippen LogP contribution in [0.1, 0.15) is 30.2 Å². The van der Waals surface area contributed by atoms with Gasteiger partial charge in [-0.15, -0.1) is 11.3 Å². The number of benzene rings is 1. The molecule has 0 amide bonds. The molecule has 114 valence electrons. The van der Waals surface area contributed by atoms with E-state index in [4.69, 9.17) is 26.8 Å². The maximum absolute atomic E-state index is 6.03. The Bertz CT molecular complexity index is 585. The highest BCUT2D eigenvalue weighted by Crippen LogP contribution is 2.36. The molecule has 2 rings (SSSR count). The Morgan fingerprint density at radius 1 is 1.10 bits per heavy atom. The molecule has 2 N–H and O–H groups in total. The molecule has 1 unspecified atom stereocenters. The molecule has 21 heavy (non-hydrogen) atoms. The van der Waals surface area contributed by atoms with E-state index in [2.05, 4.69) is 0 Å². The van der Waals surface area contributed by atoms with Gasteiger partial charge in [0.15, 0.2) is 11.5 Å². The van der Waals surface area contributed by atoms with Gasteiger partial charge in [0.05, 0.1) is 17.6 Å². The van der Waals surface area contributed by atoms with Gasteiger partial charge in [0.25, 0.3) is 0 Å². The van der Waals surface area contributed by atoms with Gasteiger partial charge in [-0.05, 0) is 43.7 Å². The van der Waals surface area contributed by atoms with Crippen molar-refractivity contribution >= 4 is 22.9 Å². The second-order valence-electron chi connectivity index (χ2n) is 4.50. The summed E-state index contributed by atoms with van der Waals surface area (Å²) in [6.45, 7) is 5.65. The van der Waals surface area contributed by atoms with Crippen LogP contribution in [0, 0.1) is 0 Å². The molecule has 1 atom stereocenters. The number of rotatable bonds is 7. The average Bonchev–Trinajstić information content (AvgIpc) is 2.89. The second kappa shape index (κ2) is 7.69. The lowest BCUT2D eigenvalue weighted by atomic mass is 9.97. The maximum Gasteiger partial charge on any atom is 0.161 e. The third-order valence-corrected chi connectivity index (χ3v) is 4.49. The molecule has 1 aromatic heterocycles. The Morgan fingerprint density at radius 2 is 1.81 bits per heavy atom. The van der Waals surface area contributed by atoms with Crippen molar-refractivity contribution in [3.63, 3.8) is 0 Å². The van der Waals surface area contributed by atoms with Crippen molar-refractivity contribution in [1.29, 1.82) is 0 Å². The molecule has 0 radical (unpaired) electrons. The summed E-state index contributed by atoms with van der Waals surface area (Å²) >= 11 is 7.59. The molecule has 0 aliphatic carbocycles. The van der Waals surface area contributed by atoms with Crippen molar-refractivity contribution in [2.75, 3.05) is 19.8 Å². The van der Waals surface area contributed by atoms with Gasteiger partial charge in [-0.25, -0.2) is 0 Å². The van der Waals surface area contributed by atoms with Crippen molar-refractivity contribution in [2.45, 2.75) is 19.8 Å². The summed E-state index contributed by atoms with van der Waals surface area (Å²) in [6.07, 6.45) is 0. The highest BCUT2D eigenvalue weighted by molar-refractivity contribution is 7.16. The van der Waals surface area contributed by atoms with E-state index in [9.17, 15) is 0 Å². The average molecular weight is 326 g/mol. The van der Waals surface area contributed by atoms with Crippen molar-refractivity contribution in [2.24, 2.45) is 5.73 Å². The molecule has 0 bridgehead atoms. The quantitative estimate of drug-likeness (QED) is 0.826. The van der Waals surface area contributed by atoms with Crippen LogP contribution in [0.25, 0.3) is 0 Å². The summed E-state index contributed by atoms with van der Waals surface area (Å²) in [5, 5.41) is 0. The summed E-state index contributed by atoms with van der Waals surface area (Å²) in [6, 6.07) is 9.93. The minimum absolute atomic E-state index is 0.123. The lowest BCUT2D eigenvalue weighted by molar-refractivity contribution is 0.287. The molecular weight excluding hydrogens is 306 g/mol. The van der Waals surface area contributed by atoms with E-state index in [1.807, 2.05) is 44.2 Å². The standard InChI is InChI=1S/C16H20ClNO2S/c1-3-19-13-6-5-11(9-14(13)20-4-2)12(10-18)15-7-8-16(17)21-15/h5-9,12H,3-4,10,18H2,1-2H3. The minimum Gasteiger partial charge on any atom is -0.490 e. The van der Waals surface area contributed by atoms with Crippen molar-refractivity contribution in [3.05, 3.63) is 45.1 Å². The normalized spacial score (nSPS) is 12.2. The summed E-state index contributed by atoms with van der Waals surface area (Å²) in [7, 11) is 0. The van der Waals surface area contributed by atoms with Crippen LogP contribution in [0.3, 0.4) is 0 Å². The second-order valence-corrected chi connectivity index (χ2v) is 6.25. The predicted molar refractivity (Wildman–Crippen MR) is 89.0 cm³/mol. The fraction of sp³-hybridized carbons (Fsp3) is 0.375. The van der Waals surface area contributed by atoms with Crippen LogP contribution in [-0.4, -0.2) is 19.8 Å². The van der Waals surface area contributed by atoms with Crippen molar-refractivity contribution < 1.29 is 9.47 Å². The molecular formula is C16H20ClNO2S. The predicted octanol–water partition coefficient (Wildman–Crippen LogP) is 4.29. The van der Waals surface area contributed by atoms with Gasteiger partial charge < -0.3 is 15.2 Å². The van der Waals surface area contributed by atoms with Crippen LogP contribution < -0.4 is 15.2 Å².